The molecule has 96 valence electrons. The van der Waals surface area contributed by atoms with Crippen LogP contribution in [0.2, 0.25) is 0 Å². The van der Waals surface area contributed by atoms with E-state index in [1.807, 2.05) is 40.9 Å². The Balaban J connectivity index is 2.43. The van der Waals surface area contributed by atoms with E-state index in [1.165, 1.54) is 4.88 Å². The minimum absolute atomic E-state index is 0.111. The highest BCUT2D eigenvalue weighted by atomic mass is 32.1. The summed E-state index contributed by atoms with van der Waals surface area (Å²) in [6.45, 7) is 8.43. The first kappa shape index (κ1) is 14.1. The monoisotopic (exact) mass is 255 g/mol. The molecule has 0 fully saturated rings. The van der Waals surface area contributed by atoms with Gasteiger partial charge in [0.2, 0.25) is 5.91 Å². The number of rotatable bonds is 5. The van der Waals surface area contributed by atoms with E-state index in [4.69, 9.17) is 0 Å². The fraction of sp³-hybridized carbons (Fsp3) is 0.667. The molecule has 0 aliphatic carbocycles. The highest BCUT2D eigenvalue weighted by molar-refractivity contribution is 7.11. The van der Waals surface area contributed by atoms with Crippen molar-refractivity contribution in [2.24, 2.45) is 0 Å². The summed E-state index contributed by atoms with van der Waals surface area (Å²) in [5.74, 6) is 0.111. The van der Waals surface area contributed by atoms with Gasteiger partial charge in [0.1, 0.15) is 5.01 Å². The van der Waals surface area contributed by atoms with E-state index in [2.05, 4.69) is 10.3 Å². The van der Waals surface area contributed by atoms with E-state index >= 15 is 0 Å². The Morgan fingerprint density at radius 2 is 2.18 bits per heavy atom. The molecule has 0 bridgehead atoms. The van der Waals surface area contributed by atoms with Crippen LogP contribution in [0.3, 0.4) is 0 Å². The Morgan fingerprint density at radius 3 is 2.65 bits per heavy atom. The van der Waals surface area contributed by atoms with Gasteiger partial charge < -0.3 is 4.90 Å². The van der Waals surface area contributed by atoms with Gasteiger partial charge >= 0.3 is 0 Å². The molecule has 0 aliphatic rings. The zero-order valence-electron chi connectivity index (χ0n) is 11.2. The molecule has 1 heterocycles. The van der Waals surface area contributed by atoms with Crippen LogP contribution < -0.4 is 5.32 Å². The van der Waals surface area contributed by atoms with Crippen molar-refractivity contribution in [3.05, 3.63) is 16.1 Å². The van der Waals surface area contributed by atoms with Crippen LogP contribution in [-0.2, 0) is 4.79 Å². The number of hydrogen-bond donors (Lipinski definition) is 1. The largest absolute Gasteiger partial charge is 0.342 e. The Labute approximate surface area is 107 Å². The third-order valence-corrected chi connectivity index (χ3v) is 3.83. The highest BCUT2D eigenvalue weighted by Crippen LogP contribution is 2.18. The summed E-state index contributed by atoms with van der Waals surface area (Å²) in [7, 11) is 1.83. The Bertz CT molecular complexity index is 376. The summed E-state index contributed by atoms with van der Waals surface area (Å²) >= 11 is 1.66. The lowest BCUT2D eigenvalue weighted by Gasteiger charge is -2.22. The summed E-state index contributed by atoms with van der Waals surface area (Å²) in [5, 5.41) is 4.23. The van der Waals surface area contributed by atoms with Crippen molar-refractivity contribution in [1.29, 1.82) is 0 Å². The maximum atomic E-state index is 11.8. The topological polar surface area (TPSA) is 45.2 Å². The number of carbonyl (C=O) groups excluding carboxylic acids is 1. The molecule has 0 spiro atoms. The second-order valence-electron chi connectivity index (χ2n) is 4.51. The molecule has 0 aromatic carbocycles. The van der Waals surface area contributed by atoms with E-state index in [0.29, 0.717) is 6.54 Å². The first-order valence-corrected chi connectivity index (χ1v) is 6.64. The van der Waals surface area contributed by atoms with E-state index in [-0.39, 0.29) is 18.0 Å². The number of hydrogen-bond acceptors (Lipinski definition) is 4. The molecule has 4 nitrogen and oxygen atoms in total. The van der Waals surface area contributed by atoms with Gasteiger partial charge in [0, 0.05) is 24.2 Å². The van der Waals surface area contributed by atoms with Gasteiger partial charge in [0.15, 0.2) is 0 Å². The van der Waals surface area contributed by atoms with Gasteiger partial charge in [0.25, 0.3) is 0 Å². The van der Waals surface area contributed by atoms with Crippen LogP contribution in [0.25, 0.3) is 0 Å². The normalized spacial score (nSPS) is 12.8. The number of amides is 1. The molecule has 17 heavy (non-hydrogen) atoms. The Kier molecular flexibility index (Phi) is 5.08. The maximum absolute atomic E-state index is 11.8. The second-order valence-corrected chi connectivity index (χ2v) is 5.78. The van der Waals surface area contributed by atoms with Crippen molar-refractivity contribution in [2.45, 2.75) is 39.8 Å². The van der Waals surface area contributed by atoms with Crippen molar-refractivity contribution >= 4 is 17.2 Å². The molecular weight excluding hydrogens is 234 g/mol. The lowest BCUT2D eigenvalue weighted by molar-refractivity contribution is -0.130. The number of aromatic nitrogens is 1. The fourth-order valence-corrected chi connectivity index (χ4v) is 2.11. The van der Waals surface area contributed by atoms with Gasteiger partial charge in [-0.1, -0.05) is 0 Å². The minimum atomic E-state index is 0.111. The minimum Gasteiger partial charge on any atom is -0.342 e. The van der Waals surface area contributed by atoms with Crippen molar-refractivity contribution in [2.75, 3.05) is 13.6 Å². The van der Waals surface area contributed by atoms with Crippen LogP contribution in [0.5, 0.6) is 0 Å². The second kappa shape index (κ2) is 6.12. The summed E-state index contributed by atoms with van der Waals surface area (Å²) in [4.78, 5) is 19.0. The molecule has 0 radical (unpaired) electrons. The number of aryl methyl sites for hydroxylation is 1. The molecular formula is C12H21N3OS. The molecule has 1 atom stereocenters. The van der Waals surface area contributed by atoms with Crippen molar-refractivity contribution in [3.8, 4) is 0 Å². The third kappa shape index (κ3) is 4.09. The first-order chi connectivity index (χ1) is 7.91. The lowest BCUT2D eigenvalue weighted by atomic mass is 10.3. The fourth-order valence-electron chi connectivity index (χ4n) is 1.31. The number of nitrogens with zero attached hydrogens (tertiary/aromatic N) is 2. The van der Waals surface area contributed by atoms with Crippen LogP contribution in [0.1, 0.15) is 36.7 Å². The molecule has 0 aliphatic heterocycles. The van der Waals surface area contributed by atoms with E-state index in [0.717, 1.165) is 5.01 Å². The number of likely N-dealkylation sites (N-methyl/N-ethyl adjacent to an activating group) is 1. The molecule has 1 amide bonds. The van der Waals surface area contributed by atoms with E-state index in [1.54, 1.807) is 16.2 Å². The number of carbonyl (C=O) groups is 1. The summed E-state index contributed by atoms with van der Waals surface area (Å²) in [6.07, 6.45) is 1.86. The molecule has 1 N–H and O–H groups in total. The predicted octanol–water partition coefficient (Wildman–Crippen LogP) is 1.97. The van der Waals surface area contributed by atoms with Crippen LogP contribution in [-0.4, -0.2) is 35.4 Å². The van der Waals surface area contributed by atoms with Crippen LogP contribution >= 0.6 is 11.3 Å². The molecule has 1 rings (SSSR count). The molecule has 1 unspecified atom stereocenters. The molecule has 0 saturated carbocycles. The van der Waals surface area contributed by atoms with Gasteiger partial charge in [0.05, 0.1) is 12.6 Å². The summed E-state index contributed by atoms with van der Waals surface area (Å²) in [6, 6.07) is 0.361. The molecule has 0 saturated heterocycles. The average molecular weight is 255 g/mol. The molecule has 5 heteroatoms. The number of nitrogens with one attached hydrogen (secondary N) is 1. The molecule has 1 aromatic heterocycles. The predicted molar refractivity (Wildman–Crippen MR) is 71.2 cm³/mol. The van der Waals surface area contributed by atoms with Crippen molar-refractivity contribution in [1.82, 2.24) is 15.2 Å². The smallest absolute Gasteiger partial charge is 0.236 e. The van der Waals surface area contributed by atoms with E-state index in [9.17, 15) is 4.79 Å². The van der Waals surface area contributed by atoms with Gasteiger partial charge in [-0.3, -0.25) is 10.1 Å². The van der Waals surface area contributed by atoms with Crippen molar-refractivity contribution in [3.63, 3.8) is 0 Å². The first-order valence-electron chi connectivity index (χ1n) is 5.83. The van der Waals surface area contributed by atoms with Crippen LogP contribution in [0, 0.1) is 6.92 Å². The number of thiazole rings is 1. The standard InChI is InChI=1S/C12H21N3OS/c1-8(2)15(5)11(16)7-13-10(4)12-14-6-9(3)17-12/h6,8,10,13H,7H2,1-5H3. The van der Waals surface area contributed by atoms with Crippen molar-refractivity contribution < 1.29 is 4.79 Å². The SMILES string of the molecule is Cc1cnc(C(C)NCC(=O)N(C)C(C)C)s1. The highest BCUT2D eigenvalue weighted by Gasteiger charge is 2.14. The average Bonchev–Trinajstić information content (AvgIpc) is 2.71. The molecule has 1 aromatic rings. The Morgan fingerprint density at radius 1 is 1.53 bits per heavy atom. The summed E-state index contributed by atoms with van der Waals surface area (Å²) in [5.41, 5.74) is 0. The van der Waals surface area contributed by atoms with Gasteiger partial charge in [-0.2, -0.15) is 0 Å². The summed E-state index contributed by atoms with van der Waals surface area (Å²) < 4.78 is 0. The zero-order chi connectivity index (χ0) is 13.0. The quantitative estimate of drug-likeness (QED) is 0.875. The van der Waals surface area contributed by atoms with Gasteiger partial charge in [-0.15, -0.1) is 11.3 Å². The zero-order valence-corrected chi connectivity index (χ0v) is 12.0. The van der Waals surface area contributed by atoms with Gasteiger partial charge in [-0.25, -0.2) is 4.98 Å². The van der Waals surface area contributed by atoms with E-state index < -0.39 is 0 Å². The maximum Gasteiger partial charge on any atom is 0.236 e. The Hall–Kier alpha value is -0.940. The third-order valence-electron chi connectivity index (χ3n) is 2.74. The van der Waals surface area contributed by atoms with Crippen LogP contribution in [0.15, 0.2) is 6.20 Å². The van der Waals surface area contributed by atoms with Gasteiger partial charge in [-0.05, 0) is 27.7 Å². The van der Waals surface area contributed by atoms with Crippen LogP contribution in [0.4, 0.5) is 0 Å². The lowest BCUT2D eigenvalue weighted by Crippen LogP contribution is -2.40.